The van der Waals surface area contributed by atoms with E-state index in [1.807, 2.05) is 12.1 Å². The van der Waals surface area contributed by atoms with Crippen molar-refractivity contribution in [2.24, 2.45) is 0 Å². The van der Waals surface area contributed by atoms with Gasteiger partial charge < -0.3 is 10.1 Å². The van der Waals surface area contributed by atoms with Gasteiger partial charge in [0.1, 0.15) is 11.9 Å². The van der Waals surface area contributed by atoms with Crippen LogP contribution in [0.15, 0.2) is 36.4 Å². The molecule has 0 spiro atoms. The molecule has 0 bridgehead atoms. The second-order valence-corrected chi connectivity index (χ2v) is 7.41. The first kappa shape index (κ1) is 16.4. The lowest BCUT2D eigenvalue weighted by atomic mass is 9.95. The molecule has 1 fully saturated rings. The normalized spacial score (nSPS) is 16.8. The van der Waals surface area contributed by atoms with Crippen LogP contribution in [0.25, 0.3) is 0 Å². The molecule has 0 aliphatic heterocycles. The average molecular weight is 354 g/mol. The molecule has 23 heavy (non-hydrogen) atoms. The monoisotopic (exact) mass is 353 g/mol. The summed E-state index contributed by atoms with van der Waals surface area (Å²) in [6.07, 6.45) is 1.35. The fraction of sp³-hybridized carbons (Fsp3) is 0.353. The lowest BCUT2D eigenvalue weighted by molar-refractivity contribution is -0.124. The van der Waals surface area contributed by atoms with E-state index in [1.165, 1.54) is 23.5 Å². The highest BCUT2D eigenvalue weighted by Crippen LogP contribution is 2.48. The van der Waals surface area contributed by atoms with Gasteiger partial charge >= 0.3 is 0 Å². The van der Waals surface area contributed by atoms with Gasteiger partial charge in [-0.1, -0.05) is 23.7 Å². The maximum atomic E-state index is 13.1. The Balaban J connectivity index is 1.66. The number of rotatable bonds is 6. The third kappa shape index (κ3) is 3.42. The van der Waals surface area contributed by atoms with Gasteiger partial charge in [-0.25, -0.2) is 4.39 Å². The van der Waals surface area contributed by atoms with Crippen LogP contribution in [0.4, 0.5) is 4.39 Å². The molecule has 1 heterocycles. The van der Waals surface area contributed by atoms with E-state index in [2.05, 4.69) is 5.32 Å². The van der Waals surface area contributed by atoms with Gasteiger partial charge in [0.2, 0.25) is 5.91 Å². The lowest BCUT2D eigenvalue weighted by Crippen LogP contribution is -2.37. The largest absolute Gasteiger partial charge is 0.374 e. The van der Waals surface area contributed by atoms with Crippen molar-refractivity contribution >= 4 is 28.8 Å². The van der Waals surface area contributed by atoms with Gasteiger partial charge in [0.25, 0.3) is 0 Å². The SMILES string of the molecule is CO[C@H](CNC(=O)C1(c2ccc(F)cc2)CC1)c1ccc(Cl)s1. The molecule has 1 aromatic heterocycles. The molecule has 1 aromatic carbocycles. The van der Waals surface area contributed by atoms with Gasteiger partial charge in [0.15, 0.2) is 0 Å². The molecule has 1 amide bonds. The smallest absolute Gasteiger partial charge is 0.230 e. The van der Waals surface area contributed by atoms with Crippen molar-refractivity contribution in [3.8, 4) is 0 Å². The van der Waals surface area contributed by atoms with Gasteiger partial charge in [-0.15, -0.1) is 11.3 Å². The van der Waals surface area contributed by atoms with E-state index in [0.29, 0.717) is 10.9 Å². The predicted molar refractivity (Wildman–Crippen MR) is 89.4 cm³/mol. The van der Waals surface area contributed by atoms with Crippen LogP contribution in [-0.4, -0.2) is 19.6 Å². The van der Waals surface area contributed by atoms with E-state index in [4.69, 9.17) is 16.3 Å². The topological polar surface area (TPSA) is 38.3 Å². The third-order valence-electron chi connectivity index (χ3n) is 4.23. The molecule has 1 atom stereocenters. The zero-order valence-corrected chi connectivity index (χ0v) is 14.2. The molecule has 3 rings (SSSR count). The van der Waals surface area contributed by atoms with Crippen LogP contribution in [-0.2, 0) is 14.9 Å². The summed E-state index contributed by atoms with van der Waals surface area (Å²) < 4.78 is 19.2. The number of nitrogens with one attached hydrogen (secondary N) is 1. The van der Waals surface area contributed by atoms with Crippen molar-refractivity contribution in [1.82, 2.24) is 5.32 Å². The molecule has 1 saturated carbocycles. The van der Waals surface area contributed by atoms with Gasteiger partial charge in [-0.05, 0) is 42.7 Å². The number of hydrogen-bond acceptors (Lipinski definition) is 3. The number of halogens is 2. The molecule has 2 aromatic rings. The minimum atomic E-state index is -0.515. The molecule has 0 radical (unpaired) electrons. The van der Waals surface area contributed by atoms with Gasteiger partial charge in [-0.2, -0.15) is 0 Å². The number of benzene rings is 1. The Bertz CT molecular complexity index is 697. The molecule has 122 valence electrons. The Morgan fingerprint density at radius 1 is 1.35 bits per heavy atom. The standard InChI is InChI=1S/C17H17ClFNO2S/c1-22-13(14-6-7-15(18)23-14)10-20-16(21)17(8-9-17)11-2-4-12(19)5-3-11/h2-7,13H,8-10H2,1H3,(H,20,21)/t13-/m1/s1. The summed E-state index contributed by atoms with van der Waals surface area (Å²) in [6.45, 7) is 0.384. The fourth-order valence-corrected chi connectivity index (χ4v) is 3.84. The first-order chi connectivity index (χ1) is 11.0. The first-order valence-electron chi connectivity index (χ1n) is 7.37. The van der Waals surface area contributed by atoms with Crippen LogP contribution in [0.3, 0.4) is 0 Å². The Morgan fingerprint density at radius 2 is 2.04 bits per heavy atom. The van der Waals surface area contributed by atoms with Crippen LogP contribution >= 0.6 is 22.9 Å². The van der Waals surface area contributed by atoms with E-state index < -0.39 is 5.41 Å². The number of carbonyl (C=O) groups is 1. The van der Waals surface area contributed by atoms with Crippen molar-refractivity contribution in [3.63, 3.8) is 0 Å². The summed E-state index contributed by atoms with van der Waals surface area (Å²) >= 11 is 7.39. The minimum Gasteiger partial charge on any atom is -0.374 e. The summed E-state index contributed by atoms with van der Waals surface area (Å²) in [4.78, 5) is 13.6. The molecular formula is C17H17ClFNO2S. The van der Waals surface area contributed by atoms with Crippen LogP contribution in [0.2, 0.25) is 4.34 Å². The van der Waals surface area contributed by atoms with Crippen molar-refractivity contribution in [2.45, 2.75) is 24.4 Å². The molecule has 1 aliphatic carbocycles. The second-order valence-electron chi connectivity index (χ2n) is 5.67. The van der Waals surface area contributed by atoms with Crippen LogP contribution < -0.4 is 5.32 Å². The average Bonchev–Trinajstić information content (AvgIpc) is 3.25. The summed E-state index contributed by atoms with van der Waals surface area (Å²) in [5.41, 5.74) is 0.351. The molecule has 6 heteroatoms. The van der Waals surface area contributed by atoms with Crippen molar-refractivity contribution in [2.75, 3.05) is 13.7 Å². The fourth-order valence-electron chi connectivity index (χ4n) is 2.70. The predicted octanol–water partition coefficient (Wildman–Crippen LogP) is 4.08. The summed E-state index contributed by atoms with van der Waals surface area (Å²) in [6, 6.07) is 9.89. The maximum Gasteiger partial charge on any atom is 0.230 e. The Morgan fingerprint density at radius 3 is 2.57 bits per heavy atom. The van der Waals surface area contributed by atoms with E-state index in [1.54, 1.807) is 19.2 Å². The number of carbonyl (C=O) groups excluding carboxylic acids is 1. The number of amides is 1. The van der Waals surface area contributed by atoms with Crippen LogP contribution in [0, 0.1) is 5.82 Å². The Labute approximate surface area is 143 Å². The zero-order chi connectivity index (χ0) is 16.4. The third-order valence-corrected chi connectivity index (χ3v) is 5.55. The lowest BCUT2D eigenvalue weighted by Gasteiger charge is -2.19. The second kappa shape index (κ2) is 6.59. The summed E-state index contributed by atoms with van der Waals surface area (Å²) in [5, 5.41) is 2.96. The Hall–Kier alpha value is -1.43. The number of thiophene rings is 1. The molecular weight excluding hydrogens is 337 g/mol. The molecule has 0 saturated heterocycles. The van der Waals surface area contributed by atoms with E-state index in [0.717, 1.165) is 23.3 Å². The van der Waals surface area contributed by atoms with E-state index in [-0.39, 0.29) is 17.8 Å². The molecule has 3 nitrogen and oxygen atoms in total. The van der Waals surface area contributed by atoms with E-state index in [9.17, 15) is 9.18 Å². The zero-order valence-electron chi connectivity index (χ0n) is 12.6. The summed E-state index contributed by atoms with van der Waals surface area (Å²) in [7, 11) is 1.61. The highest BCUT2D eigenvalue weighted by atomic mass is 35.5. The molecule has 1 N–H and O–H groups in total. The van der Waals surface area contributed by atoms with Crippen LogP contribution in [0.5, 0.6) is 0 Å². The van der Waals surface area contributed by atoms with Crippen molar-refractivity contribution in [3.05, 3.63) is 57.0 Å². The van der Waals surface area contributed by atoms with Crippen molar-refractivity contribution < 1.29 is 13.9 Å². The number of methoxy groups -OCH3 is 1. The van der Waals surface area contributed by atoms with Gasteiger partial charge in [-0.3, -0.25) is 4.79 Å². The minimum absolute atomic E-state index is 0.0335. The number of ether oxygens (including phenoxy) is 1. The van der Waals surface area contributed by atoms with E-state index >= 15 is 0 Å². The highest BCUT2D eigenvalue weighted by Gasteiger charge is 2.51. The molecule has 1 aliphatic rings. The number of hydrogen-bond donors (Lipinski definition) is 1. The van der Waals surface area contributed by atoms with Gasteiger partial charge in [0.05, 0.1) is 9.75 Å². The van der Waals surface area contributed by atoms with Crippen molar-refractivity contribution in [1.29, 1.82) is 0 Å². The summed E-state index contributed by atoms with van der Waals surface area (Å²) in [5.74, 6) is -0.326. The van der Waals surface area contributed by atoms with Gasteiger partial charge in [0, 0.05) is 18.5 Å². The highest BCUT2D eigenvalue weighted by molar-refractivity contribution is 7.16. The first-order valence-corrected chi connectivity index (χ1v) is 8.57. The molecule has 0 unspecified atom stereocenters. The maximum absolute atomic E-state index is 13.1. The van der Waals surface area contributed by atoms with Crippen LogP contribution in [0.1, 0.15) is 29.4 Å². The Kier molecular flexibility index (Phi) is 4.71. The quantitative estimate of drug-likeness (QED) is 0.850.